The molecule has 0 unspecified atom stereocenters. The molecule has 0 atom stereocenters. The van der Waals surface area contributed by atoms with Gasteiger partial charge in [0.25, 0.3) is 5.91 Å². The first kappa shape index (κ1) is 17.4. The van der Waals surface area contributed by atoms with Gasteiger partial charge in [0, 0.05) is 17.8 Å². The maximum atomic E-state index is 12.4. The first-order chi connectivity index (χ1) is 13.3. The van der Waals surface area contributed by atoms with E-state index in [2.05, 4.69) is 25.8 Å². The highest BCUT2D eigenvalue weighted by atomic mass is 16.2. The van der Waals surface area contributed by atoms with Gasteiger partial charge in [-0.15, -0.1) is 15.0 Å². The molecule has 1 fully saturated rings. The maximum absolute atomic E-state index is 12.4. The average Bonchev–Trinajstić information content (AvgIpc) is 3.28. The predicted molar refractivity (Wildman–Crippen MR) is 99.8 cm³/mol. The Labute approximate surface area is 157 Å². The Balaban J connectivity index is 1.38. The minimum atomic E-state index is -0.114. The number of rotatable bonds is 5. The monoisotopic (exact) mass is 365 g/mol. The van der Waals surface area contributed by atoms with E-state index in [1.807, 2.05) is 30.3 Å². The SMILES string of the molecule is O=C(NC1CCCCCC1)c1ccn(Cn2nnc(-c3ccccc3)n2)n1. The van der Waals surface area contributed by atoms with Crippen LogP contribution in [0.3, 0.4) is 0 Å². The lowest BCUT2D eigenvalue weighted by molar-refractivity contribution is 0.0927. The third-order valence-corrected chi connectivity index (χ3v) is 4.82. The van der Waals surface area contributed by atoms with E-state index in [1.165, 1.54) is 30.5 Å². The molecule has 140 valence electrons. The van der Waals surface area contributed by atoms with E-state index in [0.29, 0.717) is 18.2 Å². The number of nitrogens with one attached hydrogen (secondary N) is 1. The molecule has 8 heteroatoms. The quantitative estimate of drug-likeness (QED) is 0.702. The van der Waals surface area contributed by atoms with E-state index in [-0.39, 0.29) is 11.9 Å². The number of benzene rings is 1. The number of carbonyl (C=O) groups excluding carboxylic acids is 1. The average molecular weight is 365 g/mol. The summed E-state index contributed by atoms with van der Waals surface area (Å²) < 4.78 is 1.64. The van der Waals surface area contributed by atoms with E-state index >= 15 is 0 Å². The van der Waals surface area contributed by atoms with Gasteiger partial charge in [-0.25, -0.2) is 4.68 Å². The van der Waals surface area contributed by atoms with Crippen LogP contribution in [-0.2, 0) is 6.67 Å². The molecular formula is C19H23N7O. The molecule has 1 N–H and O–H groups in total. The van der Waals surface area contributed by atoms with Crippen LogP contribution in [0.15, 0.2) is 42.6 Å². The van der Waals surface area contributed by atoms with Crippen LogP contribution in [-0.4, -0.2) is 41.9 Å². The summed E-state index contributed by atoms with van der Waals surface area (Å²) in [6.45, 7) is 0.302. The van der Waals surface area contributed by atoms with Crippen LogP contribution >= 0.6 is 0 Å². The number of nitrogens with zero attached hydrogens (tertiary/aromatic N) is 6. The van der Waals surface area contributed by atoms with Gasteiger partial charge < -0.3 is 5.32 Å². The zero-order valence-electron chi connectivity index (χ0n) is 15.2. The van der Waals surface area contributed by atoms with Crippen molar-refractivity contribution in [1.82, 2.24) is 35.3 Å². The van der Waals surface area contributed by atoms with Crippen LogP contribution in [0.1, 0.15) is 49.0 Å². The molecule has 0 saturated heterocycles. The summed E-state index contributed by atoms with van der Waals surface area (Å²) in [7, 11) is 0. The van der Waals surface area contributed by atoms with E-state index in [9.17, 15) is 4.79 Å². The molecule has 4 rings (SSSR count). The Kier molecular flexibility index (Phi) is 5.22. The molecule has 2 heterocycles. The highest BCUT2D eigenvalue weighted by Crippen LogP contribution is 2.17. The lowest BCUT2D eigenvalue weighted by Crippen LogP contribution is -2.34. The van der Waals surface area contributed by atoms with Crippen molar-refractivity contribution in [2.75, 3.05) is 0 Å². The van der Waals surface area contributed by atoms with Gasteiger partial charge in [0.1, 0.15) is 5.69 Å². The van der Waals surface area contributed by atoms with Gasteiger partial charge in [0.2, 0.25) is 5.82 Å². The summed E-state index contributed by atoms with van der Waals surface area (Å²) in [5.74, 6) is 0.450. The van der Waals surface area contributed by atoms with E-state index in [0.717, 1.165) is 18.4 Å². The van der Waals surface area contributed by atoms with Crippen molar-refractivity contribution in [1.29, 1.82) is 0 Å². The van der Waals surface area contributed by atoms with Crippen LogP contribution in [0.4, 0.5) is 0 Å². The Morgan fingerprint density at radius 3 is 2.59 bits per heavy atom. The molecule has 1 aromatic carbocycles. The molecule has 1 amide bonds. The fraction of sp³-hybridized carbons (Fsp3) is 0.421. The largest absolute Gasteiger partial charge is 0.348 e. The van der Waals surface area contributed by atoms with E-state index < -0.39 is 0 Å². The Bertz CT molecular complexity index is 878. The van der Waals surface area contributed by atoms with Crippen LogP contribution in [0.25, 0.3) is 11.4 Å². The van der Waals surface area contributed by atoms with Crippen LogP contribution in [0.5, 0.6) is 0 Å². The van der Waals surface area contributed by atoms with Gasteiger partial charge in [0.05, 0.1) is 0 Å². The third kappa shape index (κ3) is 4.39. The van der Waals surface area contributed by atoms with E-state index in [4.69, 9.17) is 0 Å². The lowest BCUT2D eigenvalue weighted by Gasteiger charge is -2.15. The zero-order valence-corrected chi connectivity index (χ0v) is 15.2. The van der Waals surface area contributed by atoms with Crippen molar-refractivity contribution in [3.63, 3.8) is 0 Å². The molecule has 0 spiro atoms. The van der Waals surface area contributed by atoms with Crippen molar-refractivity contribution >= 4 is 5.91 Å². The van der Waals surface area contributed by atoms with Gasteiger partial charge in [-0.2, -0.15) is 5.10 Å². The molecule has 0 bridgehead atoms. The number of carbonyl (C=O) groups is 1. The molecule has 2 aromatic heterocycles. The van der Waals surface area contributed by atoms with Crippen molar-refractivity contribution < 1.29 is 4.79 Å². The summed E-state index contributed by atoms with van der Waals surface area (Å²) in [6.07, 6.45) is 8.75. The van der Waals surface area contributed by atoms with Gasteiger partial charge in [0.15, 0.2) is 6.67 Å². The second-order valence-corrected chi connectivity index (χ2v) is 6.90. The molecule has 8 nitrogen and oxygen atoms in total. The van der Waals surface area contributed by atoms with Crippen LogP contribution in [0.2, 0.25) is 0 Å². The third-order valence-electron chi connectivity index (χ3n) is 4.82. The standard InChI is InChI=1S/C19H23N7O/c27-19(20-16-10-6-1-2-7-11-16)17-12-13-25(22-17)14-26-23-18(21-24-26)15-8-4-3-5-9-15/h3-5,8-9,12-13,16H,1-2,6-7,10-11,14H2,(H,20,27). The zero-order chi connectivity index (χ0) is 18.5. The molecule has 1 aliphatic carbocycles. The first-order valence-corrected chi connectivity index (χ1v) is 9.45. The predicted octanol–water partition coefficient (Wildman–Crippen LogP) is 2.50. The highest BCUT2D eigenvalue weighted by Gasteiger charge is 2.17. The Morgan fingerprint density at radius 2 is 1.81 bits per heavy atom. The molecule has 0 aliphatic heterocycles. The molecular weight excluding hydrogens is 342 g/mol. The second kappa shape index (κ2) is 8.11. The van der Waals surface area contributed by atoms with Crippen LogP contribution < -0.4 is 5.32 Å². The fourth-order valence-electron chi connectivity index (χ4n) is 3.38. The number of hydrogen-bond acceptors (Lipinski definition) is 5. The molecule has 1 saturated carbocycles. The van der Waals surface area contributed by atoms with Crippen molar-refractivity contribution in [3.05, 3.63) is 48.3 Å². The Morgan fingerprint density at radius 1 is 1.04 bits per heavy atom. The van der Waals surface area contributed by atoms with Crippen LogP contribution in [0, 0.1) is 0 Å². The number of hydrogen-bond donors (Lipinski definition) is 1. The second-order valence-electron chi connectivity index (χ2n) is 6.90. The van der Waals surface area contributed by atoms with Gasteiger partial charge >= 0.3 is 0 Å². The van der Waals surface area contributed by atoms with E-state index in [1.54, 1.807) is 16.9 Å². The first-order valence-electron chi connectivity index (χ1n) is 9.45. The summed E-state index contributed by atoms with van der Waals surface area (Å²) in [5, 5.41) is 20.0. The molecule has 3 aromatic rings. The highest BCUT2D eigenvalue weighted by molar-refractivity contribution is 5.92. The summed E-state index contributed by atoms with van der Waals surface area (Å²) >= 11 is 0. The molecule has 0 radical (unpaired) electrons. The maximum Gasteiger partial charge on any atom is 0.271 e. The van der Waals surface area contributed by atoms with Gasteiger partial charge in [-0.05, 0) is 24.1 Å². The minimum absolute atomic E-state index is 0.114. The minimum Gasteiger partial charge on any atom is -0.348 e. The van der Waals surface area contributed by atoms with Gasteiger partial charge in [-0.3, -0.25) is 4.79 Å². The van der Waals surface area contributed by atoms with Crippen molar-refractivity contribution in [2.24, 2.45) is 0 Å². The van der Waals surface area contributed by atoms with Crippen molar-refractivity contribution in [3.8, 4) is 11.4 Å². The number of aromatic nitrogens is 6. The smallest absolute Gasteiger partial charge is 0.271 e. The molecule has 1 aliphatic rings. The normalized spacial score (nSPS) is 15.4. The number of tetrazole rings is 1. The van der Waals surface area contributed by atoms with Gasteiger partial charge in [-0.1, -0.05) is 56.0 Å². The summed E-state index contributed by atoms with van der Waals surface area (Å²) in [5.41, 5.74) is 1.33. The topological polar surface area (TPSA) is 90.5 Å². The lowest BCUT2D eigenvalue weighted by atomic mass is 10.1. The Hall–Kier alpha value is -3.03. The number of amides is 1. The summed E-state index contributed by atoms with van der Waals surface area (Å²) in [6, 6.07) is 11.7. The molecule has 27 heavy (non-hydrogen) atoms. The summed E-state index contributed by atoms with van der Waals surface area (Å²) in [4.78, 5) is 13.9. The van der Waals surface area contributed by atoms with Crippen molar-refractivity contribution in [2.45, 2.75) is 51.2 Å². The fourth-order valence-corrected chi connectivity index (χ4v) is 3.38.